The molecular weight excluding hydrogens is 374 g/mol. The number of carbonyl (C=O) groups is 1. The van der Waals surface area contributed by atoms with E-state index in [1.54, 1.807) is 30.3 Å². The molecule has 0 fully saturated rings. The number of nitrogens with zero attached hydrogens (tertiary/aromatic N) is 3. The van der Waals surface area contributed by atoms with E-state index in [0.717, 1.165) is 11.3 Å². The molecule has 146 valence electrons. The predicted molar refractivity (Wildman–Crippen MR) is 105 cm³/mol. The highest BCUT2D eigenvalue weighted by atomic mass is 19.1. The summed E-state index contributed by atoms with van der Waals surface area (Å²) < 4.78 is 29.8. The van der Waals surface area contributed by atoms with Crippen LogP contribution < -0.4 is 5.32 Å². The van der Waals surface area contributed by atoms with Gasteiger partial charge in [0.25, 0.3) is 5.91 Å². The fourth-order valence-corrected chi connectivity index (χ4v) is 3.05. The van der Waals surface area contributed by atoms with Crippen LogP contribution in [0.1, 0.15) is 16.1 Å². The number of nitrogens with one attached hydrogen (secondary N) is 1. The number of carbonyl (C=O) groups excluding carboxylic acids is 1. The van der Waals surface area contributed by atoms with Gasteiger partial charge in [-0.3, -0.25) is 4.79 Å². The van der Waals surface area contributed by atoms with Gasteiger partial charge in [-0.15, -0.1) is 0 Å². The summed E-state index contributed by atoms with van der Waals surface area (Å²) in [5.74, 6) is -1.04. The van der Waals surface area contributed by atoms with Crippen molar-refractivity contribution in [2.24, 2.45) is 7.05 Å². The van der Waals surface area contributed by atoms with Crippen LogP contribution in [0, 0.1) is 11.6 Å². The first-order valence-electron chi connectivity index (χ1n) is 9.01. The van der Waals surface area contributed by atoms with Crippen LogP contribution in [-0.2, 0) is 13.6 Å². The smallest absolute Gasteiger partial charge is 0.270 e. The zero-order valence-corrected chi connectivity index (χ0v) is 15.6. The van der Waals surface area contributed by atoms with Gasteiger partial charge in [0.2, 0.25) is 0 Å². The summed E-state index contributed by atoms with van der Waals surface area (Å²) in [6.45, 7) is 0.243. The van der Waals surface area contributed by atoms with Crippen molar-refractivity contribution in [3.05, 3.63) is 95.8 Å². The predicted octanol–water partition coefficient (Wildman–Crippen LogP) is 4.09. The second kappa shape index (κ2) is 7.71. The molecule has 2 aromatic carbocycles. The molecule has 0 aliphatic heterocycles. The molecule has 1 amide bonds. The van der Waals surface area contributed by atoms with E-state index in [9.17, 15) is 13.6 Å². The number of aromatic nitrogens is 3. The van der Waals surface area contributed by atoms with Gasteiger partial charge in [0.1, 0.15) is 23.0 Å². The fourth-order valence-electron chi connectivity index (χ4n) is 3.05. The maximum atomic E-state index is 13.3. The Morgan fingerprint density at radius 2 is 1.66 bits per heavy atom. The van der Waals surface area contributed by atoms with Crippen molar-refractivity contribution in [2.75, 3.05) is 0 Å². The summed E-state index contributed by atoms with van der Waals surface area (Å²) in [4.78, 5) is 12.9. The minimum Gasteiger partial charge on any atom is -0.349 e. The Labute approximate surface area is 166 Å². The molecule has 0 saturated heterocycles. The topological polar surface area (TPSA) is 51.9 Å². The maximum Gasteiger partial charge on any atom is 0.270 e. The first kappa shape index (κ1) is 18.6. The van der Waals surface area contributed by atoms with Crippen LogP contribution >= 0.6 is 0 Å². The highest BCUT2D eigenvalue weighted by Crippen LogP contribution is 2.22. The van der Waals surface area contributed by atoms with Crippen LogP contribution in [0.3, 0.4) is 0 Å². The molecule has 0 bridgehead atoms. The third-order valence-corrected chi connectivity index (χ3v) is 4.59. The molecule has 0 aliphatic rings. The van der Waals surface area contributed by atoms with Gasteiger partial charge in [0.15, 0.2) is 0 Å². The van der Waals surface area contributed by atoms with Gasteiger partial charge in [-0.25, -0.2) is 13.5 Å². The number of aryl methyl sites for hydroxylation is 1. The molecular formula is C22H18F2N4O. The molecule has 1 N–H and O–H groups in total. The van der Waals surface area contributed by atoms with E-state index >= 15 is 0 Å². The first-order valence-corrected chi connectivity index (χ1v) is 9.01. The van der Waals surface area contributed by atoms with Crippen molar-refractivity contribution in [1.82, 2.24) is 19.7 Å². The highest BCUT2D eigenvalue weighted by molar-refractivity contribution is 5.94. The van der Waals surface area contributed by atoms with Crippen LogP contribution in [0.15, 0.2) is 72.9 Å². The second-order valence-electron chi connectivity index (χ2n) is 6.62. The Morgan fingerprint density at radius 1 is 1.00 bits per heavy atom. The van der Waals surface area contributed by atoms with Gasteiger partial charge in [-0.05, 0) is 60.2 Å². The standard InChI is InChI=1S/C22H18F2N4O/c1-27-12-2-3-20(27)19-13-21(28(26-19)18-10-8-17(24)9-11-18)22(29)25-14-15-4-6-16(23)7-5-15/h2-13H,14H2,1H3,(H,25,29). The Bertz CT molecular complexity index is 1140. The number of rotatable bonds is 5. The van der Waals surface area contributed by atoms with E-state index in [0.29, 0.717) is 17.1 Å². The average Bonchev–Trinajstić information content (AvgIpc) is 3.34. The maximum absolute atomic E-state index is 13.3. The SMILES string of the molecule is Cn1cccc1-c1cc(C(=O)NCc2ccc(F)cc2)n(-c2ccc(F)cc2)n1. The number of hydrogen-bond acceptors (Lipinski definition) is 2. The summed E-state index contributed by atoms with van der Waals surface area (Å²) in [5, 5.41) is 7.39. The van der Waals surface area contributed by atoms with Crippen molar-refractivity contribution in [3.8, 4) is 17.1 Å². The summed E-state index contributed by atoms with van der Waals surface area (Å²) in [6.07, 6.45) is 1.89. The van der Waals surface area contributed by atoms with Crippen LogP contribution in [0.5, 0.6) is 0 Å². The van der Waals surface area contributed by atoms with Crippen LogP contribution in [0.25, 0.3) is 17.1 Å². The van der Waals surface area contributed by atoms with Gasteiger partial charge in [-0.1, -0.05) is 12.1 Å². The number of hydrogen-bond donors (Lipinski definition) is 1. The van der Waals surface area contributed by atoms with Gasteiger partial charge < -0.3 is 9.88 Å². The summed E-state index contributed by atoms with van der Waals surface area (Å²) in [5.41, 5.74) is 3.12. The number of halogens is 2. The van der Waals surface area contributed by atoms with Crippen molar-refractivity contribution in [1.29, 1.82) is 0 Å². The third kappa shape index (κ3) is 3.94. The summed E-state index contributed by atoms with van der Waals surface area (Å²) in [6, 6.07) is 17.2. The minimum absolute atomic E-state index is 0.243. The summed E-state index contributed by atoms with van der Waals surface area (Å²) in [7, 11) is 1.89. The Kier molecular flexibility index (Phi) is 4.95. The van der Waals surface area contributed by atoms with E-state index < -0.39 is 0 Å². The van der Waals surface area contributed by atoms with E-state index in [1.807, 2.05) is 29.9 Å². The monoisotopic (exact) mass is 392 g/mol. The minimum atomic E-state index is -0.370. The zero-order valence-electron chi connectivity index (χ0n) is 15.6. The van der Waals surface area contributed by atoms with E-state index in [-0.39, 0.29) is 24.1 Å². The molecule has 7 heteroatoms. The van der Waals surface area contributed by atoms with Crippen molar-refractivity contribution < 1.29 is 13.6 Å². The van der Waals surface area contributed by atoms with Crippen molar-refractivity contribution >= 4 is 5.91 Å². The van der Waals surface area contributed by atoms with Gasteiger partial charge >= 0.3 is 0 Å². The van der Waals surface area contributed by atoms with Crippen molar-refractivity contribution in [3.63, 3.8) is 0 Å². The first-order chi connectivity index (χ1) is 14.0. The number of benzene rings is 2. The molecule has 0 spiro atoms. The van der Waals surface area contributed by atoms with Crippen LogP contribution in [-0.4, -0.2) is 20.3 Å². The molecule has 4 aromatic rings. The normalized spacial score (nSPS) is 10.9. The second-order valence-corrected chi connectivity index (χ2v) is 6.62. The lowest BCUT2D eigenvalue weighted by molar-refractivity contribution is 0.0943. The Hall–Kier alpha value is -3.74. The molecule has 2 aromatic heterocycles. The fraction of sp³-hybridized carbons (Fsp3) is 0.0909. The highest BCUT2D eigenvalue weighted by Gasteiger charge is 2.18. The molecule has 4 rings (SSSR count). The summed E-state index contributed by atoms with van der Waals surface area (Å²) >= 11 is 0. The lowest BCUT2D eigenvalue weighted by atomic mass is 10.2. The van der Waals surface area contributed by atoms with Crippen LogP contribution in [0.2, 0.25) is 0 Å². The van der Waals surface area contributed by atoms with Crippen molar-refractivity contribution in [2.45, 2.75) is 6.54 Å². The van der Waals surface area contributed by atoms with Crippen LogP contribution in [0.4, 0.5) is 8.78 Å². The Morgan fingerprint density at radius 3 is 2.28 bits per heavy atom. The number of amides is 1. The van der Waals surface area contributed by atoms with Gasteiger partial charge in [0, 0.05) is 19.8 Å². The largest absolute Gasteiger partial charge is 0.349 e. The van der Waals surface area contributed by atoms with E-state index in [2.05, 4.69) is 10.4 Å². The quantitative estimate of drug-likeness (QED) is 0.556. The van der Waals surface area contributed by atoms with E-state index in [4.69, 9.17) is 0 Å². The molecule has 0 unspecified atom stereocenters. The van der Waals surface area contributed by atoms with E-state index in [1.165, 1.54) is 28.9 Å². The molecule has 0 atom stereocenters. The third-order valence-electron chi connectivity index (χ3n) is 4.59. The zero-order chi connectivity index (χ0) is 20.4. The molecule has 0 saturated carbocycles. The lowest BCUT2D eigenvalue weighted by Gasteiger charge is -2.08. The van der Waals surface area contributed by atoms with Gasteiger partial charge in [0.05, 0.1) is 11.4 Å². The molecule has 0 radical (unpaired) electrons. The average molecular weight is 392 g/mol. The van der Waals surface area contributed by atoms with Gasteiger partial charge in [-0.2, -0.15) is 5.10 Å². The molecule has 29 heavy (non-hydrogen) atoms. The molecule has 2 heterocycles. The lowest BCUT2D eigenvalue weighted by Crippen LogP contribution is -2.25. The Balaban J connectivity index is 1.67. The molecule has 5 nitrogen and oxygen atoms in total. The molecule has 0 aliphatic carbocycles.